The zero-order chi connectivity index (χ0) is 17.1. The van der Waals surface area contributed by atoms with Crippen LogP contribution in [0.5, 0.6) is 17.2 Å². The molecule has 0 aliphatic heterocycles. The van der Waals surface area contributed by atoms with E-state index in [9.17, 15) is 20.1 Å². The number of nitrogens with one attached hydrogen (secondary N) is 3. The maximum absolute atomic E-state index is 11.9. The second kappa shape index (κ2) is 6.41. The molecule has 0 saturated carbocycles. The molecule has 0 spiro atoms. The highest BCUT2D eigenvalue weighted by Gasteiger charge is 2.10. The van der Waals surface area contributed by atoms with E-state index in [4.69, 9.17) is 0 Å². The lowest BCUT2D eigenvalue weighted by atomic mass is 10.1. The van der Waals surface area contributed by atoms with Crippen molar-refractivity contribution in [3.05, 3.63) is 48.2 Å². The Morgan fingerprint density at radius 2 is 1.79 bits per heavy atom. The monoisotopic (exact) mass is 327 g/mol. The number of H-pyrrole nitrogens is 1. The molecule has 3 rings (SSSR count). The Balaban J connectivity index is 1.56. The number of aromatic nitrogens is 1. The molecule has 2 amide bonds. The number of urea groups is 1. The van der Waals surface area contributed by atoms with E-state index in [-0.39, 0.29) is 5.69 Å². The van der Waals surface area contributed by atoms with Gasteiger partial charge >= 0.3 is 6.03 Å². The molecule has 0 bridgehead atoms. The van der Waals surface area contributed by atoms with Crippen molar-refractivity contribution in [2.45, 2.75) is 6.42 Å². The van der Waals surface area contributed by atoms with Gasteiger partial charge in [-0.3, -0.25) is 0 Å². The summed E-state index contributed by atoms with van der Waals surface area (Å²) in [5.74, 6) is -1.64. The smallest absolute Gasteiger partial charge is 0.319 e. The summed E-state index contributed by atoms with van der Waals surface area (Å²) >= 11 is 0. The van der Waals surface area contributed by atoms with Crippen molar-refractivity contribution in [1.29, 1.82) is 0 Å². The van der Waals surface area contributed by atoms with E-state index >= 15 is 0 Å². The third kappa shape index (κ3) is 3.19. The fraction of sp³-hybridized carbons (Fsp3) is 0.118. The number of aromatic hydroxyl groups is 3. The second-order valence-corrected chi connectivity index (χ2v) is 5.35. The molecule has 24 heavy (non-hydrogen) atoms. The van der Waals surface area contributed by atoms with Gasteiger partial charge in [0.15, 0.2) is 17.2 Å². The van der Waals surface area contributed by atoms with Gasteiger partial charge in [-0.15, -0.1) is 0 Å². The van der Waals surface area contributed by atoms with Gasteiger partial charge in [0.2, 0.25) is 0 Å². The van der Waals surface area contributed by atoms with Gasteiger partial charge in [0.05, 0.1) is 5.69 Å². The fourth-order valence-corrected chi connectivity index (χ4v) is 2.50. The summed E-state index contributed by atoms with van der Waals surface area (Å²) in [5, 5.41) is 34.4. The maximum Gasteiger partial charge on any atom is 0.319 e. The minimum absolute atomic E-state index is 0.174. The minimum atomic E-state index is -0.625. The largest absolute Gasteiger partial charge is 0.504 e. The lowest BCUT2D eigenvalue weighted by Crippen LogP contribution is -2.30. The van der Waals surface area contributed by atoms with Crippen LogP contribution in [0.4, 0.5) is 10.5 Å². The first-order valence-electron chi connectivity index (χ1n) is 7.39. The number of para-hydroxylation sites is 1. The van der Waals surface area contributed by atoms with Crippen LogP contribution in [0.3, 0.4) is 0 Å². The number of benzene rings is 2. The first kappa shape index (κ1) is 15.5. The first-order chi connectivity index (χ1) is 11.5. The van der Waals surface area contributed by atoms with Crippen molar-refractivity contribution in [3.8, 4) is 17.2 Å². The molecule has 0 saturated heterocycles. The Morgan fingerprint density at radius 3 is 2.54 bits per heavy atom. The number of phenols is 3. The summed E-state index contributed by atoms with van der Waals surface area (Å²) in [5.41, 5.74) is 2.32. The van der Waals surface area contributed by atoms with Gasteiger partial charge in [0, 0.05) is 35.8 Å². The van der Waals surface area contributed by atoms with Gasteiger partial charge in [-0.2, -0.15) is 0 Å². The van der Waals surface area contributed by atoms with Crippen LogP contribution >= 0.6 is 0 Å². The molecular weight excluding hydrogens is 310 g/mol. The molecule has 6 N–H and O–H groups in total. The molecule has 7 heteroatoms. The molecule has 0 unspecified atom stereocenters. The SMILES string of the molecule is O=C(NCCc1c[nH]c2ccccc12)Nc1cc(O)c(O)c(O)c1. The Hall–Kier alpha value is -3.35. The Kier molecular flexibility index (Phi) is 4.15. The molecule has 0 aliphatic rings. The van der Waals surface area contributed by atoms with Crippen LogP contribution in [0, 0.1) is 0 Å². The van der Waals surface area contributed by atoms with E-state index < -0.39 is 23.3 Å². The number of rotatable bonds is 4. The quantitative estimate of drug-likeness (QED) is 0.326. The number of carbonyl (C=O) groups is 1. The summed E-state index contributed by atoms with van der Waals surface area (Å²) < 4.78 is 0. The highest BCUT2D eigenvalue weighted by atomic mass is 16.3. The summed E-state index contributed by atoms with van der Waals surface area (Å²) in [7, 11) is 0. The summed E-state index contributed by atoms with van der Waals surface area (Å²) in [6.45, 7) is 0.420. The molecule has 0 radical (unpaired) electrons. The van der Waals surface area contributed by atoms with E-state index in [1.54, 1.807) is 0 Å². The van der Waals surface area contributed by atoms with Crippen molar-refractivity contribution < 1.29 is 20.1 Å². The van der Waals surface area contributed by atoms with Crippen LogP contribution < -0.4 is 10.6 Å². The van der Waals surface area contributed by atoms with E-state index in [1.165, 1.54) is 0 Å². The van der Waals surface area contributed by atoms with Gasteiger partial charge in [-0.05, 0) is 18.1 Å². The van der Waals surface area contributed by atoms with Crippen molar-refractivity contribution in [1.82, 2.24) is 10.3 Å². The average molecular weight is 327 g/mol. The molecule has 7 nitrogen and oxygen atoms in total. The van der Waals surface area contributed by atoms with Gasteiger partial charge in [0.25, 0.3) is 0 Å². The number of aromatic amines is 1. The van der Waals surface area contributed by atoms with Gasteiger partial charge in [0.1, 0.15) is 0 Å². The molecular formula is C17H17N3O4. The van der Waals surface area contributed by atoms with Crippen LogP contribution in [0.15, 0.2) is 42.6 Å². The summed E-state index contributed by atoms with van der Waals surface area (Å²) in [6.07, 6.45) is 2.57. The van der Waals surface area contributed by atoms with Crippen molar-refractivity contribution >= 4 is 22.6 Å². The third-order valence-electron chi connectivity index (χ3n) is 3.68. The highest BCUT2D eigenvalue weighted by molar-refractivity contribution is 5.90. The van der Waals surface area contributed by atoms with Crippen LogP contribution in [0.1, 0.15) is 5.56 Å². The third-order valence-corrected chi connectivity index (χ3v) is 3.68. The molecule has 1 heterocycles. The van der Waals surface area contributed by atoms with Gasteiger partial charge < -0.3 is 30.9 Å². The first-order valence-corrected chi connectivity index (χ1v) is 7.39. The van der Waals surface area contributed by atoms with Crippen LogP contribution in [0.25, 0.3) is 10.9 Å². The fourth-order valence-electron chi connectivity index (χ4n) is 2.50. The van der Waals surface area contributed by atoms with E-state index in [0.29, 0.717) is 13.0 Å². The lowest BCUT2D eigenvalue weighted by Gasteiger charge is -2.09. The number of anilines is 1. The van der Waals surface area contributed by atoms with Crippen LogP contribution in [-0.2, 0) is 6.42 Å². The molecule has 1 aromatic heterocycles. The Morgan fingerprint density at radius 1 is 1.08 bits per heavy atom. The molecule has 0 fully saturated rings. The van der Waals surface area contributed by atoms with Gasteiger partial charge in [-0.1, -0.05) is 18.2 Å². The maximum atomic E-state index is 11.9. The number of fused-ring (bicyclic) bond motifs is 1. The molecule has 3 aromatic rings. The van der Waals surface area contributed by atoms with Gasteiger partial charge in [-0.25, -0.2) is 4.79 Å². The number of phenolic OH excluding ortho intramolecular Hbond substituents is 3. The number of amides is 2. The number of carbonyl (C=O) groups excluding carboxylic acids is 1. The summed E-state index contributed by atoms with van der Waals surface area (Å²) in [4.78, 5) is 15.0. The van der Waals surface area contributed by atoms with Crippen molar-refractivity contribution in [2.75, 3.05) is 11.9 Å². The van der Waals surface area contributed by atoms with E-state index in [2.05, 4.69) is 15.6 Å². The predicted molar refractivity (Wildman–Crippen MR) is 90.5 cm³/mol. The second-order valence-electron chi connectivity index (χ2n) is 5.35. The van der Waals surface area contributed by atoms with E-state index in [1.807, 2.05) is 30.5 Å². The highest BCUT2D eigenvalue weighted by Crippen LogP contribution is 2.37. The zero-order valence-electron chi connectivity index (χ0n) is 12.7. The van der Waals surface area contributed by atoms with Crippen LogP contribution in [0.2, 0.25) is 0 Å². The molecule has 2 aromatic carbocycles. The lowest BCUT2D eigenvalue weighted by molar-refractivity contribution is 0.252. The van der Waals surface area contributed by atoms with E-state index in [0.717, 1.165) is 28.6 Å². The average Bonchev–Trinajstić information content (AvgIpc) is 2.96. The number of hydrogen-bond donors (Lipinski definition) is 6. The molecule has 0 atom stereocenters. The Labute approximate surface area is 137 Å². The standard InChI is InChI=1S/C17H17N3O4/c21-14-7-11(8-15(22)16(14)23)20-17(24)18-6-5-10-9-19-13-4-2-1-3-12(10)13/h1-4,7-9,19,21-23H,5-6H2,(H2,18,20,24). The normalized spacial score (nSPS) is 10.7. The number of hydrogen-bond acceptors (Lipinski definition) is 4. The Bertz CT molecular complexity index is 865. The summed E-state index contributed by atoms with van der Waals surface area (Å²) in [6, 6.07) is 9.74. The molecule has 0 aliphatic carbocycles. The van der Waals surface area contributed by atoms with Crippen LogP contribution in [-0.4, -0.2) is 32.9 Å². The topological polar surface area (TPSA) is 118 Å². The molecule has 124 valence electrons. The predicted octanol–water partition coefficient (Wildman–Crippen LogP) is 2.65. The van der Waals surface area contributed by atoms with Crippen molar-refractivity contribution in [3.63, 3.8) is 0 Å². The zero-order valence-corrected chi connectivity index (χ0v) is 12.7. The van der Waals surface area contributed by atoms with Crippen molar-refractivity contribution in [2.24, 2.45) is 0 Å². The minimum Gasteiger partial charge on any atom is -0.504 e.